The molecule has 0 aliphatic heterocycles. The summed E-state index contributed by atoms with van der Waals surface area (Å²) >= 11 is 0. The molecule has 0 aliphatic carbocycles. The summed E-state index contributed by atoms with van der Waals surface area (Å²) in [6, 6.07) is 9.95. The predicted molar refractivity (Wildman–Crippen MR) is 137 cm³/mol. The van der Waals surface area contributed by atoms with Gasteiger partial charge in [-0.05, 0) is 49.6 Å². The molecule has 0 aliphatic rings. The highest BCUT2D eigenvalue weighted by Gasteiger charge is 2.16. The molecule has 2 amide bonds. The van der Waals surface area contributed by atoms with E-state index in [0.717, 1.165) is 36.6 Å². The molecule has 0 atom stereocenters. The van der Waals surface area contributed by atoms with Crippen molar-refractivity contribution in [1.82, 2.24) is 5.32 Å². The number of nitrogens with one attached hydrogen (secondary N) is 2. The van der Waals surface area contributed by atoms with Crippen molar-refractivity contribution in [3.63, 3.8) is 0 Å². The zero-order valence-corrected chi connectivity index (χ0v) is 21.1. The second-order valence-corrected chi connectivity index (χ2v) is 8.34. The number of fused-ring (bicyclic) bond motifs is 1. The topological polar surface area (TPSA) is 116 Å². The average Bonchev–Trinajstić information content (AvgIpc) is 2.86. The van der Waals surface area contributed by atoms with E-state index >= 15 is 0 Å². The molecule has 3 rings (SSSR count). The first-order valence-corrected chi connectivity index (χ1v) is 11.8. The lowest BCUT2D eigenvalue weighted by Gasteiger charge is -2.14. The van der Waals surface area contributed by atoms with Gasteiger partial charge < -0.3 is 29.3 Å². The molecule has 0 spiro atoms. The minimum atomic E-state index is -0.414. The Labute approximate surface area is 209 Å². The van der Waals surface area contributed by atoms with Gasteiger partial charge in [-0.3, -0.25) is 9.59 Å². The maximum absolute atomic E-state index is 12.5. The van der Waals surface area contributed by atoms with Crippen molar-refractivity contribution in [3.8, 4) is 17.2 Å². The molecule has 0 bridgehead atoms. The molecular weight excluding hydrogens is 464 g/mol. The Hall–Kier alpha value is -4.01. The summed E-state index contributed by atoms with van der Waals surface area (Å²) in [5.41, 5.74) is 1.88. The number of carbonyl (C=O) groups excluding carboxylic acids is 2. The van der Waals surface area contributed by atoms with Gasteiger partial charge in [0.05, 0.1) is 21.3 Å². The SMILES string of the molecule is COc1cc(C(=O)NCCCCCCC(=O)Nc2ccc3c(C)cc(=O)oc3c2)cc(OC)c1OC. The first-order chi connectivity index (χ1) is 17.4. The lowest BCUT2D eigenvalue weighted by Crippen LogP contribution is -2.24. The summed E-state index contributed by atoms with van der Waals surface area (Å²) < 4.78 is 21.1. The molecule has 9 heteroatoms. The summed E-state index contributed by atoms with van der Waals surface area (Å²) in [4.78, 5) is 36.4. The summed E-state index contributed by atoms with van der Waals surface area (Å²) in [5, 5.41) is 6.58. The number of ether oxygens (including phenoxy) is 3. The second kappa shape index (κ2) is 12.6. The zero-order valence-electron chi connectivity index (χ0n) is 21.1. The Morgan fingerprint density at radius 3 is 2.25 bits per heavy atom. The van der Waals surface area contributed by atoms with E-state index in [2.05, 4.69) is 10.6 Å². The van der Waals surface area contributed by atoms with Crippen molar-refractivity contribution in [2.24, 2.45) is 0 Å². The number of aryl methyl sites for hydroxylation is 1. The first kappa shape index (κ1) is 26.6. The van der Waals surface area contributed by atoms with Crippen molar-refractivity contribution in [1.29, 1.82) is 0 Å². The van der Waals surface area contributed by atoms with Gasteiger partial charge in [0.2, 0.25) is 11.7 Å². The molecule has 2 N–H and O–H groups in total. The molecule has 1 aromatic heterocycles. The smallest absolute Gasteiger partial charge is 0.336 e. The minimum absolute atomic E-state index is 0.0972. The fourth-order valence-corrected chi connectivity index (χ4v) is 3.91. The molecule has 3 aromatic rings. The van der Waals surface area contributed by atoms with Gasteiger partial charge in [-0.15, -0.1) is 0 Å². The van der Waals surface area contributed by atoms with Crippen LogP contribution in [0.2, 0.25) is 0 Å². The molecular formula is C27H32N2O7. The molecule has 0 saturated carbocycles. The third kappa shape index (κ3) is 6.78. The Bertz CT molecular complexity index is 1260. The monoisotopic (exact) mass is 496 g/mol. The van der Waals surface area contributed by atoms with Gasteiger partial charge in [0, 0.05) is 41.7 Å². The molecule has 0 unspecified atom stereocenters. The molecule has 0 saturated heterocycles. The maximum Gasteiger partial charge on any atom is 0.336 e. The summed E-state index contributed by atoms with van der Waals surface area (Å²) in [6.45, 7) is 2.36. The fourth-order valence-electron chi connectivity index (χ4n) is 3.91. The Morgan fingerprint density at radius 2 is 1.58 bits per heavy atom. The van der Waals surface area contributed by atoms with E-state index < -0.39 is 5.63 Å². The number of unbranched alkanes of at least 4 members (excludes halogenated alkanes) is 3. The Kier molecular flexibility index (Phi) is 9.32. The van der Waals surface area contributed by atoms with E-state index in [1.54, 1.807) is 24.3 Å². The Balaban J connectivity index is 1.38. The number of carbonyl (C=O) groups is 2. The molecule has 0 radical (unpaired) electrons. The van der Waals surface area contributed by atoms with Crippen LogP contribution in [0.5, 0.6) is 17.2 Å². The predicted octanol–water partition coefficient (Wildman–Crippen LogP) is 4.45. The third-order valence-electron chi connectivity index (χ3n) is 5.78. The van der Waals surface area contributed by atoms with Crippen LogP contribution in [0.3, 0.4) is 0 Å². The van der Waals surface area contributed by atoms with Gasteiger partial charge in [-0.25, -0.2) is 4.79 Å². The van der Waals surface area contributed by atoms with Crippen LogP contribution in [0.25, 0.3) is 11.0 Å². The van der Waals surface area contributed by atoms with Crippen LogP contribution in [0.4, 0.5) is 5.69 Å². The standard InChI is InChI=1S/C27H32N2O7/c1-17-13-25(31)36-21-16-19(10-11-20(17)21)29-24(30)9-7-5-6-8-12-28-27(32)18-14-22(33-2)26(35-4)23(15-18)34-3/h10-11,13-16H,5-9,12H2,1-4H3,(H,28,32)(H,29,30). The normalized spacial score (nSPS) is 10.7. The van der Waals surface area contributed by atoms with E-state index in [4.69, 9.17) is 18.6 Å². The molecule has 36 heavy (non-hydrogen) atoms. The fraction of sp³-hybridized carbons (Fsp3) is 0.370. The first-order valence-electron chi connectivity index (χ1n) is 11.8. The molecule has 2 aromatic carbocycles. The van der Waals surface area contributed by atoms with Crippen LogP contribution in [-0.2, 0) is 4.79 Å². The number of hydrogen-bond acceptors (Lipinski definition) is 7. The molecule has 9 nitrogen and oxygen atoms in total. The van der Waals surface area contributed by atoms with Crippen molar-refractivity contribution < 1.29 is 28.2 Å². The van der Waals surface area contributed by atoms with Crippen molar-refractivity contribution in [2.45, 2.75) is 39.0 Å². The number of anilines is 1. The largest absolute Gasteiger partial charge is 0.493 e. The quantitative estimate of drug-likeness (QED) is 0.281. The van der Waals surface area contributed by atoms with Gasteiger partial charge >= 0.3 is 5.63 Å². The van der Waals surface area contributed by atoms with Crippen molar-refractivity contribution in [2.75, 3.05) is 33.2 Å². The van der Waals surface area contributed by atoms with Gasteiger partial charge in [-0.1, -0.05) is 12.8 Å². The number of hydrogen-bond donors (Lipinski definition) is 2. The second-order valence-electron chi connectivity index (χ2n) is 8.34. The zero-order chi connectivity index (χ0) is 26.1. The molecule has 1 heterocycles. The minimum Gasteiger partial charge on any atom is -0.493 e. The molecule has 0 fully saturated rings. The number of rotatable bonds is 12. The van der Waals surface area contributed by atoms with Crippen LogP contribution >= 0.6 is 0 Å². The van der Waals surface area contributed by atoms with Crippen LogP contribution in [0.15, 0.2) is 45.6 Å². The highest BCUT2D eigenvalue weighted by molar-refractivity contribution is 5.95. The lowest BCUT2D eigenvalue weighted by atomic mass is 10.1. The number of benzene rings is 2. The van der Waals surface area contributed by atoms with Crippen molar-refractivity contribution in [3.05, 3.63) is 57.9 Å². The van der Waals surface area contributed by atoms with Crippen LogP contribution < -0.4 is 30.5 Å². The van der Waals surface area contributed by atoms with Crippen LogP contribution in [0.1, 0.15) is 48.0 Å². The molecule has 192 valence electrons. The van der Waals surface area contributed by atoms with E-state index in [-0.39, 0.29) is 11.8 Å². The van der Waals surface area contributed by atoms with E-state index in [0.29, 0.717) is 47.0 Å². The van der Waals surface area contributed by atoms with Gasteiger partial charge in [0.15, 0.2) is 11.5 Å². The lowest BCUT2D eigenvalue weighted by molar-refractivity contribution is -0.116. The third-order valence-corrected chi connectivity index (χ3v) is 5.78. The highest BCUT2D eigenvalue weighted by Crippen LogP contribution is 2.38. The Morgan fingerprint density at radius 1 is 0.889 bits per heavy atom. The van der Waals surface area contributed by atoms with Crippen LogP contribution in [-0.4, -0.2) is 39.7 Å². The summed E-state index contributed by atoms with van der Waals surface area (Å²) in [6.07, 6.45) is 3.64. The van der Waals surface area contributed by atoms with E-state index in [9.17, 15) is 14.4 Å². The maximum atomic E-state index is 12.5. The summed E-state index contributed by atoms with van der Waals surface area (Å²) in [7, 11) is 4.51. The highest BCUT2D eigenvalue weighted by atomic mass is 16.5. The van der Waals surface area contributed by atoms with Gasteiger partial charge in [-0.2, -0.15) is 0 Å². The van der Waals surface area contributed by atoms with Gasteiger partial charge in [0.25, 0.3) is 5.91 Å². The van der Waals surface area contributed by atoms with E-state index in [1.165, 1.54) is 27.4 Å². The van der Waals surface area contributed by atoms with Gasteiger partial charge in [0.1, 0.15) is 5.58 Å². The van der Waals surface area contributed by atoms with Crippen LogP contribution in [0, 0.1) is 6.92 Å². The van der Waals surface area contributed by atoms with E-state index in [1.807, 2.05) is 13.0 Å². The van der Waals surface area contributed by atoms with Crippen molar-refractivity contribution >= 4 is 28.5 Å². The summed E-state index contributed by atoms with van der Waals surface area (Å²) in [5.74, 6) is 0.949. The number of amides is 2. The average molecular weight is 497 g/mol. The number of methoxy groups -OCH3 is 3.